The summed E-state index contributed by atoms with van der Waals surface area (Å²) in [6.07, 6.45) is 1.49. The van der Waals surface area contributed by atoms with Crippen LogP contribution in [0.15, 0.2) is 33.0 Å². The first-order valence-corrected chi connectivity index (χ1v) is 9.22. The van der Waals surface area contributed by atoms with Crippen LogP contribution in [0.1, 0.15) is 30.1 Å². The van der Waals surface area contributed by atoms with Crippen molar-refractivity contribution in [2.75, 3.05) is 5.75 Å². The quantitative estimate of drug-likeness (QED) is 0.472. The number of benzene rings is 1. The first-order chi connectivity index (χ1) is 10.2. The van der Waals surface area contributed by atoms with Crippen LogP contribution in [0.5, 0.6) is 0 Å². The van der Waals surface area contributed by atoms with Crippen molar-refractivity contribution in [1.82, 2.24) is 0 Å². The second-order valence-corrected chi connectivity index (χ2v) is 7.52. The number of rotatable bonds is 6. The number of hydrogen-bond donors (Lipinski definition) is 3. The summed E-state index contributed by atoms with van der Waals surface area (Å²) in [5, 5.41) is 5.14. The molecule has 0 saturated heterocycles. The van der Waals surface area contributed by atoms with Crippen molar-refractivity contribution in [1.29, 1.82) is 0 Å². The number of carbonyl (C=O) groups is 1. The van der Waals surface area contributed by atoms with E-state index in [-0.39, 0.29) is 15.4 Å². The van der Waals surface area contributed by atoms with Crippen LogP contribution < -0.4 is 16.6 Å². The topological polar surface area (TPSA) is 159 Å². The lowest BCUT2D eigenvalue weighted by atomic mass is 10.2. The Bertz CT molecular complexity index is 725. The lowest BCUT2D eigenvalue weighted by Gasteiger charge is -2.09. The number of nitrogens with two attached hydrogens (primary N) is 3. The maximum Gasteiger partial charge on any atom is 0.280 e. The predicted octanol–water partition coefficient (Wildman–Crippen LogP) is -0.345. The van der Waals surface area contributed by atoms with Gasteiger partial charge in [-0.15, -0.1) is 0 Å². The van der Waals surface area contributed by atoms with Gasteiger partial charge < -0.3 is 11.5 Å². The normalized spacial score (nSPS) is 12.6. The summed E-state index contributed by atoms with van der Waals surface area (Å²) < 4.78 is 35.5. The van der Waals surface area contributed by atoms with Gasteiger partial charge >= 0.3 is 0 Å². The molecule has 0 heterocycles. The molecule has 1 aromatic rings. The third kappa shape index (κ3) is 4.90. The summed E-state index contributed by atoms with van der Waals surface area (Å²) in [6, 6.07) is 3.63. The highest BCUT2D eigenvalue weighted by Crippen LogP contribution is 2.21. The molecule has 0 aliphatic heterocycles. The highest BCUT2D eigenvalue weighted by atomic mass is 32.2. The Morgan fingerprint density at radius 1 is 1.32 bits per heavy atom. The van der Waals surface area contributed by atoms with Crippen molar-refractivity contribution in [3.05, 3.63) is 23.8 Å². The van der Waals surface area contributed by atoms with Crippen LogP contribution in [-0.2, 0) is 20.8 Å². The summed E-state index contributed by atoms with van der Waals surface area (Å²) in [5.74, 6) is -0.950. The van der Waals surface area contributed by atoms with E-state index in [4.69, 9.17) is 16.6 Å². The minimum absolute atomic E-state index is 0.0614. The van der Waals surface area contributed by atoms with Crippen LogP contribution in [0.3, 0.4) is 0 Å². The van der Waals surface area contributed by atoms with E-state index >= 15 is 0 Å². The number of amides is 1. The Kier molecular flexibility index (Phi) is 6.21. The summed E-state index contributed by atoms with van der Waals surface area (Å²) in [6.45, 7) is 1.93. The number of hydrogen-bond acceptors (Lipinski definition) is 4. The van der Waals surface area contributed by atoms with Gasteiger partial charge in [0.05, 0.1) is 20.6 Å². The van der Waals surface area contributed by atoms with Gasteiger partial charge in [0.2, 0.25) is 10.0 Å². The zero-order chi connectivity index (χ0) is 16.9. The van der Waals surface area contributed by atoms with Crippen molar-refractivity contribution in [2.24, 2.45) is 21.6 Å². The summed E-state index contributed by atoms with van der Waals surface area (Å²) in [7, 11) is -5.67. The molecule has 0 spiro atoms. The average molecular weight is 346 g/mol. The molecule has 6 N–H and O–H groups in total. The van der Waals surface area contributed by atoms with E-state index in [1.165, 1.54) is 12.1 Å². The van der Waals surface area contributed by atoms with Gasteiger partial charge in [-0.2, -0.15) is 4.99 Å². The molecule has 1 aromatic carbocycles. The highest BCUT2D eigenvalue weighted by molar-refractivity contribution is 7.90. The fraction of sp³-hybridized carbons (Fsp3) is 0.333. The molecule has 1 rings (SSSR count). The Labute approximate surface area is 131 Å². The fourth-order valence-corrected chi connectivity index (χ4v) is 4.16. The van der Waals surface area contributed by atoms with Crippen molar-refractivity contribution < 1.29 is 17.4 Å². The van der Waals surface area contributed by atoms with Crippen molar-refractivity contribution in [3.63, 3.8) is 0 Å². The van der Waals surface area contributed by atoms with Crippen LogP contribution in [0.2, 0.25) is 0 Å². The second kappa shape index (κ2) is 7.47. The Hall–Kier alpha value is -1.78. The molecule has 10 heteroatoms. The lowest BCUT2D eigenvalue weighted by Crippen LogP contribution is -2.24. The molecule has 8 nitrogen and oxygen atoms in total. The van der Waals surface area contributed by atoms with Gasteiger partial charge in [-0.1, -0.05) is 13.3 Å². The summed E-state index contributed by atoms with van der Waals surface area (Å²) in [5.41, 5.74) is 10.1. The smallest absolute Gasteiger partial charge is 0.280 e. The maximum absolute atomic E-state index is 12.2. The number of nitrogens with zero attached hydrogens (tertiary/aromatic N) is 1. The molecular weight excluding hydrogens is 328 g/mol. The molecule has 1 unspecified atom stereocenters. The molecule has 0 bridgehead atoms. The van der Waals surface area contributed by atoms with Crippen LogP contribution in [0.25, 0.3) is 0 Å². The lowest BCUT2D eigenvalue weighted by molar-refractivity contribution is 0.100. The van der Waals surface area contributed by atoms with Gasteiger partial charge in [0.25, 0.3) is 5.91 Å². The van der Waals surface area contributed by atoms with E-state index < -0.39 is 32.7 Å². The number of carbonyl (C=O) groups excluding carboxylic acids is 1. The molecule has 0 fully saturated rings. The Morgan fingerprint density at radius 2 is 1.95 bits per heavy atom. The van der Waals surface area contributed by atoms with Crippen LogP contribution in [-0.4, -0.2) is 30.2 Å². The highest BCUT2D eigenvalue weighted by Gasteiger charge is 2.20. The van der Waals surface area contributed by atoms with Gasteiger partial charge in [-0.05, 0) is 24.6 Å². The molecule has 1 atom stereocenters. The number of aliphatic imine (C=N–C) groups is 1. The van der Waals surface area contributed by atoms with Crippen molar-refractivity contribution >= 4 is 32.7 Å². The Balaban J connectivity index is 3.35. The number of guanidine groups is 1. The predicted molar refractivity (Wildman–Crippen MR) is 84.1 cm³/mol. The molecule has 0 aliphatic rings. The summed E-state index contributed by atoms with van der Waals surface area (Å²) >= 11 is 0. The largest absolute Gasteiger partial charge is 0.370 e. The zero-order valence-electron chi connectivity index (χ0n) is 12.0. The average Bonchev–Trinajstić information content (AvgIpc) is 2.42. The van der Waals surface area contributed by atoms with Crippen LogP contribution in [0.4, 0.5) is 0 Å². The molecule has 0 radical (unpaired) electrons. The Morgan fingerprint density at radius 3 is 2.45 bits per heavy atom. The van der Waals surface area contributed by atoms with Crippen LogP contribution >= 0.6 is 0 Å². The molecule has 22 heavy (non-hydrogen) atoms. The van der Waals surface area contributed by atoms with E-state index in [1.54, 1.807) is 0 Å². The number of unbranched alkanes of at least 4 members (excludes halogenated alkanes) is 1. The minimum atomic E-state index is -4.14. The van der Waals surface area contributed by atoms with E-state index in [0.717, 1.165) is 12.5 Å². The first kappa shape index (κ1) is 18.3. The maximum atomic E-state index is 12.2. The van der Waals surface area contributed by atoms with Crippen LogP contribution in [0, 0.1) is 0 Å². The van der Waals surface area contributed by atoms with Gasteiger partial charge in [0.1, 0.15) is 0 Å². The second-order valence-electron chi connectivity index (χ2n) is 4.45. The van der Waals surface area contributed by atoms with Crippen molar-refractivity contribution in [3.8, 4) is 0 Å². The summed E-state index contributed by atoms with van der Waals surface area (Å²) in [4.78, 5) is 14.7. The van der Waals surface area contributed by atoms with Gasteiger partial charge in [-0.3, -0.25) is 9.00 Å². The number of sulfonamides is 1. The first-order valence-electron chi connectivity index (χ1n) is 6.36. The van der Waals surface area contributed by atoms with Gasteiger partial charge in [0.15, 0.2) is 5.96 Å². The standard InChI is InChI=1S/C12H18N4O4S2/c1-2-3-6-21(18)9-5-4-8(11(17)16-12(13)14)7-10(9)22(15,19)20/h4-5,7H,2-3,6H2,1H3,(H2,15,19,20)(H4,13,14,16,17). The van der Waals surface area contributed by atoms with E-state index in [0.29, 0.717) is 12.2 Å². The third-order valence-electron chi connectivity index (χ3n) is 2.66. The fourth-order valence-electron chi connectivity index (χ4n) is 1.62. The van der Waals surface area contributed by atoms with Crippen molar-refractivity contribution in [2.45, 2.75) is 29.6 Å². The molecular formula is C12H18N4O4S2. The molecule has 122 valence electrons. The third-order valence-corrected chi connectivity index (χ3v) is 5.24. The number of primary sulfonamides is 1. The molecule has 0 saturated carbocycles. The zero-order valence-corrected chi connectivity index (χ0v) is 13.6. The SMILES string of the molecule is CCCCS(=O)c1ccc(C(=O)N=C(N)N)cc1S(N)(=O)=O. The molecule has 1 amide bonds. The van der Waals surface area contributed by atoms with E-state index in [1.807, 2.05) is 6.92 Å². The van der Waals surface area contributed by atoms with Gasteiger partial charge in [-0.25, -0.2) is 13.6 Å². The minimum Gasteiger partial charge on any atom is -0.370 e. The monoisotopic (exact) mass is 346 g/mol. The van der Waals surface area contributed by atoms with Gasteiger partial charge in [0, 0.05) is 11.3 Å². The molecule has 0 aliphatic carbocycles. The molecule has 0 aromatic heterocycles. The van der Waals surface area contributed by atoms with E-state index in [9.17, 15) is 17.4 Å². The van der Waals surface area contributed by atoms with E-state index in [2.05, 4.69) is 4.99 Å².